The summed E-state index contributed by atoms with van der Waals surface area (Å²) in [5.74, 6) is -0.519. The molecule has 0 unspecified atom stereocenters. The van der Waals surface area contributed by atoms with Crippen molar-refractivity contribution in [3.05, 3.63) is 48.2 Å². The molecule has 0 atom stereocenters. The van der Waals surface area contributed by atoms with Crippen molar-refractivity contribution in [3.63, 3.8) is 0 Å². The van der Waals surface area contributed by atoms with Crippen LogP contribution in [0.25, 0.3) is 17.0 Å². The predicted octanol–water partition coefficient (Wildman–Crippen LogP) is 2.16. The summed E-state index contributed by atoms with van der Waals surface area (Å²) >= 11 is 0. The van der Waals surface area contributed by atoms with Crippen molar-refractivity contribution in [2.45, 2.75) is 0 Å². The van der Waals surface area contributed by atoms with Crippen LogP contribution in [-0.4, -0.2) is 39.8 Å². The van der Waals surface area contributed by atoms with Crippen LogP contribution >= 0.6 is 0 Å². The molecule has 106 valence electrons. The summed E-state index contributed by atoms with van der Waals surface area (Å²) < 4.78 is 1.34. The lowest BCUT2D eigenvalue weighted by atomic mass is 10.2. The van der Waals surface area contributed by atoms with Crippen LogP contribution < -0.4 is 4.90 Å². The van der Waals surface area contributed by atoms with Crippen molar-refractivity contribution < 1.29 is 9.90 Å². The van der Waals surface area contributed by atoms with Crippen LogP contribution in [0.2, 0.25) is 0 Å². The molecule has 6 nitrogen and oxygen atoms in total. The van der Waals surface area contributed by atoms with E-state index in [1.165, 1.54) is 10.6 Å². The number of hydrogen-bond acceptors (Lipinski definition) is 4. The fourth-order valence-corrected chi connectivity index (χ4v) is 2.10. The summed E-state index contributed by atoms with van der Waals surface area (Å²) in [5.41, 5.74) is 2.53. The highest BCUT2D eigenvalue weighted by Gasteiger charge is 2.13. The lowest BCUT2D eigenvalue weighted by molar-refractivity contribution is 0.0687. The summed E-state index contributed by atoms with van der Waals surface area (Å²) in [6, 6.07) is 12.7. The Balaban J connectivity index is 2.09. The van der Waals surface area contributed by atoms with E-state index < -0.39 is 5.97 Å². The fraction of sp³-hybridized carbons (Fsp3) is 0.133. The second-order valence-electron chi connectivity index (χ2n) is 4.86. The SMILES string of the molecule is CN(C)c1ccc(-c2nc3cccc(C(=O)O)n3n2)cc1. The third-order valence-electron chi connectivity index (χ3n) is 3.22. The smallest absolute Gasteiger partial charge is 0.354 e. The van der Waals surface area contributed by atoms with Gasteiger partial charge in [-0.1, -0.05) is 6.07 Å². The van der Waals surface area contributed by atoms with Crippen molar-refractivity contribution in [2.24, 2.45) is 0 Å². The Morgan fingerprint density at radius 2 is 1.86 bits per heavy atom. The molecule has 0 aliphatic rings. The van der Waals surface area contributed by atoms with Crippen LogP contribution in [0.1, 0.15) is 10.5 Å². The van der Waals surface area contributed by atoms with Gasteiger partial charge >= 0.3 is 5.97 Å². The number of aromatic nitrogens is 3. The number of carboxylic acids is 1. The first-order valence-corrected chi connectivity index (χ1v) is 6.43. The minimum atomic E-state index is -1.03. The summed E-state index contributed by atoms with van der Waals surface area (Å²) in [6.07, 6.45) is 0. The Hall–Kier alpha value is -2.89. The number of rotatable bonds is 3. The molecule has 0 radical (unpaired) electrons. The van der Waals surface area contributed by atoms with E-state index in [1.54, 1.807) is 12.1 Å². The average molecular weight is 282 g/mol. The van der Waals surface area contributed by atoms with Crippen molar-refractivity contribution in [1.29, 1.82) is 0 Å². The quantitative estimate of drug-likeness (QED) is 0.797. The number of anilines is 1. The van der Waals surface area contributed by atoms with Crippen LogP contribution in [0, 0.1) is 0 Å². The Bertz CT molecular complexity index is 806. The maximum atomic E-state index is 11.2. The number of fused-ring (bicyclic) bond motifs is 1. The number of pyridine rings is 1. The molecule has 21 heavy (non-hydrogen) atoms. The summed E-state index contributed by atoms with van der Waals surface area (Å²) in [7, 11) is 3.94. The van der Waals surface area contributed by atoms with E-state index in [0.717, 1.165) is 11.3 Å². The number of carbonyl (C=O) groups is 1. The van der Waals surface area contributed by atoms with Gasteiger partial charge in [-0.25, -0.2) is 14.3 Å². The summed E-state index contributed by atoms with van der Waals surface area (Å²) in [6.45, 7) is 0. The van der Waals surface area contributed by atoms with Gasteiger partial charge in [0.1, 0.15) is 0 Å². The Kier molecular flexibility index (Phi) is 3.06. The molecule has 0 saturated heterocycles. The van der Waals surface area contributed by atoms with Crippen LogP contribution in [0.3, 0.4) is 0 Å². The van der Waals surface area contributed by atoms with E-state index >= 15 is 0 Å². The molecule has 0 saturated carbocycles. The molecule has 6 heteroatoms. The zero-order valence-electron chi connectivity index (χ0n) is 11.7. The second kappa shape index (κ2) is 4.90. The van der Waals surface area contributed by atoms with Gasteiger partial charge in [0, 0.05) is 25.3 Å². The molecule has 0 bridgehead atoms. The van der Waals surface area contributed by atoms with E-state index in [4.69, 9.17) is 5.11 Å². The van der Waals surface area contributed by atoms with Crippen molar-refractivity contribution in [3.8, 4) is 11.4 Å². The highest BCUT2D eigenvalue weighted by molar-refractivity contribution is 5.86. The topological polar surface area (TPSA) is 70.7 Å². The zero-order valence-corrected chi connectivity index (χ0v) is 11.7. The first-order valence-electron chi connectivity index (χ1n) is 6.43. The molecule has 0 spiro atoms. The van der Waals surface area contributed by atoms with E-state index in [9.17, 15) is 4.79 Å². The molecule has 2 aromatic heterocycles. The maximum Gasteiger partial charge on any atom is 0.354 e. The van der Waals surface area contributed by atoms with Gasteiger partial charge in [0.2, 0.25) is 0 Å². The normalized spacial score (nSPS) is 10.8. The molecule has 2 heterocycles. The second-order valence-corrected chi connectivity index (χ2v) is 4.86. The first kappa shape index (κ1) is 13.1. The minimum absolute atomic E-state index is 0.0937. The van der Waals surface area contributed by atoms with Crippen LogP contribution in [-0.2, 0) is 0 Å². The van der Waals surface area contributed by atoms with E-state index in [0.29, 0.717) is 11.5 Å². The number of nitrogens with zero attached hydrogens (tertiary/aromatic N) is 4. The Morgan fingerprint density at radius 1 is 1.14 bits per heavy atom. The van der Waals surface area contributed by atoms with Crippen molar-refractivity contribution >= 4 is 17.3 Å². The third kappa shape index (κ3) is 2.31. The molecule has 1 N–H and O–H groups in total. The molecule has 0 amide bonds. The molecule has 0 aliphatic heterocycles. The van der Waals surface area contributed by atoms with Gasteiger partial charge in [0.15, 0.2) is 17.2 Å². The summed E-state index contributed by atoms with van der Waals surface area (Å²) in [4.78, 5) is 17.6. The molecular weight excluding hydrogens is 268 g/mol. The fourth-order valence-electron chi connectivity index (χ4n) is 2.10. The number of aromatic carboxylic acids is 1. The average Bonchev–Trinajstić information content (AvgIpc) is 2.90. The lowest BCUT2D eigenvalue weighted by Crippen LogP contribution is -2.08. The first-order chi connectivity index (χ1) is 10.1. The van der Waals surface area contributed by atoms with Crippen LogP contribution in [0.15, 0.2) is 42.5 Å². The number of hydrogen-bond donors (Lipinski definition) is 1. The highest BCUT2D eigenvalue weighted by atomic mass is 16.4. The number of carboxylic acid groups (broad SMARTS) is 1. The maximum absolute atomic E-state index is 11.2. The zero-order chi connectivity index (χ0) is 15.0. The van der Waals surface area contributed by atoms with Gasteiger partial charge in [0.25, 0.3) is 0 Å². The van der Waals surface area contributed by atoms with E-state index in [1.807, 2.05) is 43.3 Å². The van der Waals surface area contributed by atoms with E-state index in [-0.39, 0.29) is 5.69 Å². The molecule has 0 fully saturated rings. The standard InChI is InChI=1S/C15H14N4O2/c1-18(2)11-8-6-10(7-9-11)14-16-13-5-3-4-12(15(20)21)19(13)17-14/h3-9H,1-2H3,(H,20,21). The predicted molar refractivity (Wildman–Crippen MR) is 79.7 cm³/mol. The summed E-state index contributed by atoms with van der Waals surface area (Å²) in [5, 5.41) is 13.5. The number of benzene rings is 1. The molecule has 3 aromatic rings. The van der Waals surface area contributed by atoms with E-state index in [2.05, 4.69) is 10.1 Å². The monoisotopic (exact) mass is 282 g/mol. The van der Waals surface area contributed by atoms with Crippen LogP contribution in [0.4, 0.5) is 5.69 Å². The van der Waals surface area contributed by atoms with Crippen molar-refractivity contribution in [1.82, 2.24) is 14.6 Å². The molecule has 0 aliphatic carbocycles. The molecular formula is C15H14N4O2. The minimum Gasteiger partial charge on any atom is -0.477 e. The molecule has 1 aromatic carbocycles. The van der Waals surface area contributed by atoms with Gasteiger partial charge in [-0.2, -0.15) is 0 Å². The third-order valence-corrected chi connectivity index (χ3v) is 3.22. The van der Waals surface area contributed by atoms with Gasteiger partial charge < -0.3 is 10.0 Å². The molecule has 3 rings (SSSR count). The van der Waals surface area contributed by atoms with Gasteiger partial charge in [-0.15, -0.1) is 5.10 Å². The highest BCUT2D eigenvalue weighted by Crippen LogP contribution is 2.20. The van der Waals surface area contributed by atoms with Gasteiger partial charge in [-0.3, -0.25) is 0 Å². The largest absolute Gasteiger partial charge is 0.477 e. The Morgan fingerprint density at radius 3 is 2.48 bits per heavy atom. The lowest BCUT2D eigenvalue weighted by Gasteiger charge is -2.11. The van der Waals surface area contributed by atoms with Crippen molar-refractivity contribution in [2.75, 3.05) is 19.0 Å². The van der Waals surface area contributed by atoms with Gasteiger partial charge in [-0.05, 0) is 36.4 Å². The van der Waals surface area contributed by atoms with Gasteiger partial charge in [0.05, 0.1) is 0 Å². The van der Waals surface area contributed by atoms with Crippen LogP contribution in [0.5, 0.6) is 0 Å². The Labute approximate surface area is 121 Å².